The van der Waals surface area contributed by atoms with Gasteiger partial charge in [-0.05, 0) is 36.4 Å². The summed E-state index contributed by atoms with van der Waals surface area (Å²) in [6.45, 7) is 0. The van der Waals surface area contributed by atoms with Crippen LogP contribution in [0.4, 0.5) is 11.4 Å². The van der Waals surface area contributed by atoms with Gasteiger partial charge in [-0.2, -0.15) is 0 Å². The molecule has 0 aromatic heterocycles. The zero-order valence-electron chi connectivity index (χ0n) is 13.5. The molecule has 0 radical (unpaired) electrons. The summed E-state index contributed by atoms with van der Waals surface area (Å²) in [5, 5.41) is 2.75. The summed E-state index contributed by atoms with van der Waals surface area (Å²) in [4.78, 5) is 26.1. The van der Waals surface area contributed by atoms with Crippen molar-refractivity contribution in [3.05, 3.63) is 48.5 Å². The predicted octanol–water partition coefficient (Wildman–Crippen LogP) is 2.45. The molecule has 0 bridgehead atoms. The van der Waals surface area contributed by atoms with E-state index >= 15 is 0 Å². The number of rotatable bonds is 4. The predicted molar refractivity (Wildman–Crippen MR) is 90.5 cm³/mol. The van der Waals surface area contributed by atoms with E-state index in [-0.39, 0.29) is 18.2 Å². The number of likely N-dealkylation sites (N-methyl/N-ethyl adjacent to an activating group) is 1. The Kier molecular flexibility index (Phi) is 4.37. The minimum Gasteiger partial charge on any atom is -0.497 e. The lowest BCUT2D eigenvalue weighted by Crippen LogP contribution is -2.45. The summed E-state index contributed by atoms with van der Waals surface area (Å²) in [5.41, 5.74) is 1.34. The van der Waals surface area contributed by atoms with E-state index in [1.165, 1.54) is 4.90 Å². The molecule has 6 nitrogen and oxygen atoms in total. The molecule has 0 spiro atoms. The second-order valence-corrected chi connectivity index (χ2v) is 5.45. The maximum Gasteiger partial charge on any atom is 0.268 e. The molecule has 3 rings (SSSR count). The van der Waals surface area contributed by atoms with Gasteiger partial charge in [-0.15, -0.1) is 0 Å². The largest absolute Gasteiger partial charge is 0.497 e. The second kappa shape index (κ2) is 6.62. The Labute approximate surface area is 140 Å². The molecule has 1 atom stereocenters. The average molecular weight is 326 g/mol. The van der Waals surface area contributed by atoms with Gasteiger partial charge in [0.1, 0.15) is 11.5 Å². The maximum atomic E-state index is 12.4. The zero-order valence-corrected chi connectivity index (χ0v) is 13.5. The van der Waals surface area contributed by atoms with Crippen LogP contribution in [0.25, 0.3) is 0 Å². The first kappa shape index (κ1) is 15.9. The highest BCUT2D eigenvalue weighted by Crippen LogP contribution is 2.33. The van der Waals surface area contributed by atoms with E-state index < -0.39 is 6.10 Å². The first-order valence-corrected chi connectivity index (χ1v) is 7.55. The van der Waals surface area contributed by atoms with Gasteiger partial charge in [0.15, 0.2) is 6.10 Å². The lowest BCUT2D eigenvalue weighted by atomic mass is 10.1. The number of carbonyl (C=O) groups is 2. The van der Waals surface area contributed by atoms with Crippen molar-refractivity contribution < 1.29 is 19.1 Å². The fraction of sp³-hybridized carbons (Fsp3) is 0.222. The summed E-state index contributed by atoms with van der Waals surface area (Å²) < 4.78 is 10.8. The monoisotopic (exact) mass is 326 g/mol. The Hall–Kier alpha value is -3.02. The average Bonchev–Trinajstić information content (AvgIpc) is 2.60. The van der Waals surface area contributed by atoms with Crippen LogP contribution in [-0.2, 0) is 9.59 Å². The summed E-state index contributed by atoms with van der Waals surface area (Å²) >= 11 is 0. The van der Waals surface area contributed by atoms with Gasteiger partial charge in [-0.25, -0.2) is 0 Å². The lowest BCUT2D eigenvalue weighted by molar-refractivity contribution is -0.130. The fourth-order valence-corrected chi connectivity index (χ4v) is 2.56. The van der Waals surface area contributed by atoms with Crippen LogP contribution in [0.15, 0.2) is 48.5 Å². The molecule has 1 heterocycles. The summed E-state index contributed by atoms with van der Waals surface area (Å²) in [5.74, 6) is 0.781. The summed E-state index contributed by atoms with van der Waals surface area (Å²) in [7, 11) is 3.26. The molecular formula is C18H18N2O4. The van der Waals surface area contributed by atoms with Gasteiger partial charge in [-0.1, -0.05) is 12.1 Å². The molecule has 1 aliphatic heterocycles. The van der Waals surface area contributed by atoms with Crippen molar-refractivity contribution >= 4 is 23.2 Å². The van der Waals surface area contributed by atoms with Crippen molar-refractivity contribution in [1.82, 2.24) is 0 Å². The number of fused-ring (bicyclic) bond motifs is 1. The number of benzene rings is 2. The van der Waals surface area contributed by atoms with Crippen molar-refractivity contribution in [3.63, 3.8) is 0 Å². The number of methoxy groups -OCH3 is 1. The van der Waals surface area contributed by atoms with Crippen molar-refractivity contribution in [2.75, 3.05) is 24.4 Å². The number of nitrogens with zero attached hydrogens (tertiary/aromatic N) is 1. The molecule has 2 aromatic carbocycles. The Morgan fingerprint density at radius 3 is 2.62 bits per heavy atom. The minimum atomic E-state index is -0.830. The Bertz CT molecular complexity index is 758. The standard InChI is InChI=1S/C18H18N2O4/c1-20-14-5-3-4-6-15(14)24-16(18(20)22)11-17(21)19-12-7-9-13(23-2)10-8-12/h3-10,16H,11H2,1-2H3,(H,19,21). The van der Waals surface area contributed by atoms with Crippen LogP contribution in [0, 0.1) is 0 Å². The van der Waals surface area contributed by atoms with Crippen LogP contribution < -0.4 is 19.7 Å². The number of hydrogen-bond donors (Lipinski definition) is 1. The van der Waals surface area contributed by atoms with Gasteiger partial charge in [0, 0.05) is 12.7 Å². The van der Waals surface area contributed by atoms with E-state index in [0.717, 1.165) is 0 Å². The Morgan fingerprint density at radius 2 is 1.92 bits per heavy atom. The van der Waals surface area contributed by atoms with Crippen LogP contribution in [0.1, 0.15) is 6.42 Å². The second-order valence-electron chi connectivity index (χ2n) is 5.45. The quantitative estimate of drug-likeness (QED) is 0.937. The van der Waals surface area contributed by atoms with Gasteiger partial charge in [0.2, 0.25) is 5.91 Å². The Balaban J connectivity index is 1.67. The first-order valence-electron chi connectivity index (χ1n) is 7.55. The molecular weight excluding hydrogens is 308 g/mol. The number of hydrogen-bond acceptors (Lipinski definition) is 4. The minimum absolute atomic E-state index is 0.0520. The number of para-hydroxylation sites is 2. The molecule has 2 aromatic rings. The molecule has 124 valence electrons. The molecule has 0 saturated carbocycles. The smallest absolute Gasteiger partial charge is 0.268 e. The molecule has 24 heavy (non-hydrogen) atoms. The fourth-order valence-electron chi connectivity index (χ4n) is 2.56. The molecule has 1 aliphatic rings. The highest BCUT2D eigenvalue weighted by Gasteiger charge is 2.33. The van der Waals surface area contributed by atoms with E-state index in [1.54, 1.807) is 50.6 Å². The van der Waals surface area contributed by atoms with E-state index in [9.17, 15) is 9.59 Å². The number of amides is 2. The SMILES string of the molecule is COc1ccc(NC(=O)CC2Oc3ccccc3N(C)C2=O)cc1. The van der Waals surface area contributed by atoms with E-state index in [1.807, 2.05) is 12.1 Å². The van der Waals surface area contributed by atoms with Crippen LogP contribution in [0.2, 0.25) is 0 Å². The topological polar surface area (TPSA) is 67.9 Å². The van der Waals surface area contributed by atoms with Crippen molar-refractivity contribution in [3.8, 4) is 11.5 Å². The lowest BCUT2D eigenvalue weighted by Gasteiger charge is -2.31. The molecule has 2 amide bonds. The third-order valence-electron chi connectivity index (χ3n) is 3.85. The molecule has 6 heteroatoms. The van der Waals surface area contributed by atoms with Crippen LogP contribution >= 0.6 is 0 Å². The van der Waals surface area contributed by atoms with E-state index in [0.29, 0.717) is 22.9 Å². The van der Waals surface area contributed by atoms with E-state index in [4.69, 9.17) is 9.47 Å². The summed E-state index contributed by atoms with van der Waals surface area (Å²) in [6.07, 6.45) is -0.882. The van der Waals surface area contributed by atoms with Crippen molar-refractivity contribution in [2.45, 2.75) is 12.5 Å². The van der Waals surface area contributed by atoms with Crippen molar-refractivity contribution in [2.24, 2.45) is 0 Å². The first-order chi connectivity index (χ1) is 11.6. The van der Waals surface area contributed by atoms with Gasteiger partial charge in [0.25, 0.3) is 5.91 Å². The Morgan fingerprint density at radius 1 is 1.21 bits per heavy atom. The molecule has 0 fully saturated rings. The molecule has 0 aliphatic carbocycles. The van der Waals surface area contributed by atoms with Crippen molar-refractivity contribution in [1.29, 1.82) is 0 Å². The number of anilines is 2. The third-order valence-corrected chi connectivity index (χ3v) is 3.85. The van der Waals surface area contributed by atoms with Gasteiger partial charge in [0.05, 0.1) is 19.2 Å². The molecule has 1 N–H and O–H groups in total. The van der Waals surface area contributed by atoms with Gasteiger partial charge >= 0.3 is 0 Å². The summed E-state index contributed by atoms with van der Waals surface area (Å²) in [6, 6.07) is 14.2. The number of carbonyl (C=O) groups excluding carboxylic acids is 2. The van der Waals surface area contributed by atoms with E-state index in [2.05, 4.69) is 5.32 Å². The zero-order chi connectivity index (χ0) is 17.1. The molecule has 0 saturated heterocycles. The molecule has 1 unspecified atom stereocenters. The van der Waals surface area contributed by atoms with Crippen LogP contribution in [0.3, 0.4) is 0 Å². The van der Waals surface area contributed by atoms with Crippen LogP contribution in [-0.4, -0.2) is 32.1 Å². The van der Waals surface area contributed by atoms with Gasteiger partial charge < -0.3 is 19.7 Å². The third kappa shape index (κ3) is 3.17. The normalized spacial score (nSPS) is 16.2. The number of ether oxygens (including phenoxy) is 2. The van der Waals surface area contributed by atoms with Gasteiger partial charge in [-0.3, -0.25) is 9.59 Å². The number of nitrogens with one attached hydrogen (secondary N) is 1. The maximum absolute atomic E-state index is 12.4. The van der Waals surface area contributed by atoms with Crippen LogP contribution in [0.5, 0.6) is 11.5 Å². The highest BCUT2D eigenvalue weighted by molar-refractivity contribution is 6.03. The highest BCUT2D eigenvalue weighted by atomic mass is 16.5.